The third-order valence-corrected chi connectivity index (χ3v) is 4.25. The summed E-state index contributed by atoms with van der Waals surface area (Å²) >= 11 is 7.67. The summed E-state index contributed by atoms with van der Waals surface area (Å²) in [5.41, 5.74) is 0.583. The molecule has 0 radical (unpaired) electrons. The van der Waals surface area contributed by atoms with Crippen molar-refractivity contribution in [2.24, 2.45) is 0 Å². The van der Waals surface area contributed by atoms with Crippen LogP contribution in [0.1, 0.15) is 29.4 Å². The fourth-order valence-electron chi connectivity index (χ4n) is 1.87. The van der Waals surface area contributed by atoms with Crippen LogP contribution in [0, 0.1) is 0 Å². The van der Waals surface area contributed by atoms with Gasteiger partial charge < -0.3 is 5.11 Å². The maximum Gasteiger partial charge on any atom is 0.325 e. The van der Waals surface area contributed by atoms with Gasteiger partial charge in [-0.25, -0.2) is 0 Å². The Labute approximate surface area is 133 Å². The van der Waals surface area contributed by atoms with Gasteiger partial charge in [0.05, 0.1) is 0 Å². The maximum atomic E-state index is 11.4. The van der Waals surface area contributed by atoms with Crippen LogP contribution in [0.3, 0.4) is 0 Å². The first kappa shape index (κ1) is 17.0. The van der Waals surface area contributed by atoms with Crippen molar-refractivity contribution in [3.63, 3.8) is 0 Å². The van der Waals surface area contributed by atoms with Crippen molar-refractivity contribution in [3.05, 3.63) is 57.2 Å². The number of halogens is 2. The summed E-state index contributed by atoms with van der Waals surface area (Å²) < 4.78 is 0. The lowest BCUT2D eigenvalue weighted by molar-refractivity contribution is -0.139. The number of benzene rings is 1. The zero-order chi connectivity index (χ0) is 13.8. The molecule has 1 heterocycles. The molecule has 1 aromatic carbocycles. The van der Waals surface area contributed by atoms with Crippen molar-refractivity contribution in [2.45, 2.75) is 19.0 Å². The Bertz CT molecular complexity index is 560. The van der Waals surface area contributed by atoms with E-state index in [4.69, 9.17) is 11.6 Å². The topological polar surface area (TPSA) is 49.3 Å². The van der Waals surface area contributed by atoms with Crippen molar-refractivity contribution in [3.8, 4) is 0 Å². The number of hydrogen-bond donors (Lipinski definition) is 2. The Hall–Kier alpha value is -1.07. The van der Waals surface area contributed by atoms with Gasteiger partial charge in [-0.05, 0) is 30.0 Å². The van der Waals surface area contributed by atoms with E-state index >= 15 is 0 Å². The lowest BCUT2D eigenvalue weighted by atomic mass is 10.1. The molecular formula is C14H15Cl2NO2S. The molecule has 2 rings (SSSR count). The van der Waals surface area contributed by atoms with Crippen LogP contribution in [-0.4, -0.2) is 11.1 Å². The highest BCUT2D eigenvalue weighted by molar-refractivity contribution is 7.10. The minimum atomic E-state index is -0.934. The lowest BCUT2D eigenvalue weighted by Gasteiger charge is -2.20. The van der Waals surface area contributed by atoms with E-state index in [0.29, 0.717) is 10.6 Å². The van der Waals surface area contributed by atoms with Crippen LogP contribution in [0.4, 0.5) is 0 Å². The van der Waals surface area contributed by atoms with Gasteiger partial charge in [-0.3, -0.25) is 10.1 Å². The Kier molecular flexibility index (Phi) is 6.49. The predicted molar refractivity (Wildman–Crippen MR) is 84.9 cm³/mol. The molecule has 2 N–H and O–H groups in total. The molecule has 1 unspecified atom stereocenters. The van der Waals surface area contributed by atoms with Gasteiger partial charge in [0.15, 0.2) is 0 Å². The Morgan fingerprint density at radius 1 is 1.30 bits per heavy atom. The Morgan fingerprint density at radius 2 is 2.00 bits per heavy atom. The zero-order valence-corrected chi connectivity index (χ0v) is 13.1. The third-order valence-electron chi connectivity index (χ3n) is 2.85. The molecule has 0 saturated heterocycles. The minimum Gasteiger partial charge on any atom is -0.480 e. The SMILES string of the molecule is CC(N[C@H](C(=O)O)c1ccccc1Cl)c1cccs1.Cl. The van der Waals surface area contributed by atoms with E-state index in [1.54, 1.807) is 35.6 Å². The van der Waals surface area contributed by atoms with Crippen LogP contribution in [0.25, 0.3) is 0 Å². The average Bonchev–Trinajstić information content (AvgIpc) is 2.90. The summed E-state index contributed by atoms with van der Waals surface area (Å²) in [4.78, 5) is 12.5. The van der Waals surface area contributed by atoms with E-state index in [0.717, 1.165) is 4.88 Å². The molecule has 0 bridgehead atoms. The second-order valence-corrected chi connectivity index (χ2v) is 5.58. The highest BCUT2D eigenvalue weighted by Gasteiger charge is 2.24. The molecule has 0 saturated carbocycles. The van der Waals surface area contributed by atoms with Crippen molar-refractivity contribution in [1.29, 1.82) is 0 Å². The number of aliphatic carboxylic acids is 1. The van der Waals surface area contributed by atoms with Crippen LogP contribution in [-0.2, 0) is 4.79 Å². The predicted octanol–water partition coefficient (Wildman–Crippen LogP) is 4.30. The summed E-state index contributed by atoms with van der Waals surface area (Å²) in [6.45, 7) is 1.94. The van der Waals surface area contributed by atoms with E-state index in [1.165, 1.54) is 0 Å². The van der Waals surface area contributed by atoms with Crippen LogP contribution < -0.4 is 5.32 Å². The molecule has 0 amide bonds. The number of hydrogen-bond acceptors (Lipinski definition) is 3. The molecule has 2 atom stereocenters. The highest BCUT2D eigenvalue weighted by atomic mass is 35.5. The molecule has 0 aliphatic rings. The number of carbonyl (C=O) groups is 1. The van der Waals surface area contributed by atoms with Gasteiger partial charge in [0.1, 0.15) is 6.04 Å². The normalized spacial score (nSPS) is 13.3. The van der Waals surface area contributed by atoms with Crippen LogP contribution >= 0.6 is 35.3 Å². The average molecular weight is 332 g/mol. The minimum absolute atomic E-state index is 0. The zero-order valence-electron chi connectivity index (χ0n) is 10.7. The van der Waals surface area contributed by atoms with E-state index in [1.807, 2.05) is 24.4 Å². The molecule has 6 heteroatoms. The fourth-order valence-corrected chi connectivity index (χ4v) is 2.86. The number of nitrogens with one attached hydrogen (secondary N) is 1. The summed E-state index contributed by atoms with van der Waals surface area (Å²) in [5, 5.41) is 14.9. The lowest BCUT2D eigenvalue weighted by Crippen LogP contribution is -2.30. The van der Waals surface area contributed by atoms with Gasteiger partial charge >= 0.3 is 5.97 Å². The second-order valence-electron chi connectivity index (χ2n) is 4.20. The van der Waals surface area contributed by atoms with Gasteiger partial charge in [0.25, 0.3) is 0 Å². The molecule has 108 valence electrons. The van der Waals surface area contributed by atoms with Crippen molar-refractivity contribution < 1.29 is 9.90 Å². The van der Waals surface area contributed by atoms with E-state index < -0.39 is 12.0 Å². The number of thiophene rings is 1. The van der Waals surface area contributed by atoms with E-state index in [-0.39, 0.29) is 18.4 Å². The molecular weight excluding hydrogens is 317 g/mol. The smallest absolute Gasteiger partial charge is 0.325 e. The van der Waals surface area contributed by atoms with Gasteiger partial charge in [0.2, 0.25) is 0 Å². The molecule has 0 fully saturated rings. The third kappa shape index (κ3) is 3.96. The quantitative estimate of drug-likeness (QED) is 0.858. The highest BCUT2D eigenvalue weighted by Crippen LogP contribution is 2.27. The molecule has 0 aliphatic heterocycles. The van der Waals surface area contributed by atoms with Gasteiger partial charge in [-0.2, -0.15) is 0 Å². The molecule has 3 nitrogen and oxygen atoms in total. The van der Waals surface area contributed by atoms with Crippen LogP contribution in [0.15, 0.2) is 41.8 Å². The van der Waals surface area contributed by atoms with Crippen molar-refractivity contribution >= 4 is 41.3 Å². The first-order valence-electron chi connectivity index (χ1n) is 5.86. The number of carboxylic acids is 1. The summed E-state index contributed by atoms with van der Waals surface area (Å²) in [6.07, 6.45) is 0. The van der Waals surface area contributed by atoms with Crippen LogP contribution in [0.5, 0.6) is 0 Å². The summed E-state index contributed by atoms with van der Waals surface area (Å²) in [6, 6.07) is 10.1. The second kappa shape index (κ2) is 7.64. The molecule has 1 aromatic heterocycles. The Balaban J connectivity index is 0.00000200. The number of carboxylic acid groups (broad SMARTS) is 1. The maximum absolute atomic E-state index is 11.4. The Morgan fingerprint density at radius 3 is 2.55 bits per heavy atom. The van der Waals surface area contributed by atoms with Gasteiger partial charge in [0, 0.05) is 15.9 Å². The monoisotopic (exact) mass is 331 g/mol. The van der Waals surface area contributed by atoms with E-state index in [9.17, 15) is 9.90 Å². The molecule has 0 spiro atoms. The molecule has 0 aliphatic carbocycles. The summed E-state index contributed by atoms with van der Waals surface area (Å²) in [5.74, 6) is -0.934. The van der Waals surface area contributed by atoms with Gasteiger partial charge in [-0.1, -0.05) is 35.9 Å². The summed E-state index contributed by atoms with van der Waals surface area (Å²) in [7, 11) is 0. The van der Waals surface area contributed by atoms with Gasteiger partial charge in [-0.15, -0.1) is 23.7 Å². The number of rotatable bonds is 5. The molecule has 20 heavy (non-hydrogen) atoms. The fraction of sp³-hybridized carbons (Fsp3) is 0.214. The van der Waals surface area contributed by atoms with Crippen molar-refractivity contribution in [1.82, 2.24) is 5.32 Å². The van der Waals surface area contributed by atoms with E-state index in [2.05, 4.69) is 5.32 Å². The molecule has 2 aromatic rings. The first-order valence-corrected chi connectivity index (χ1v) is 7.12. The van der Waals surface area contributed by atoms with Crippen molar-refractivity contribution in [2.75, 3.05) is 0 Å². The van der Waals surface area contributed by atoms with Crippen LogP contribution in [0.2, 0.25) is 5.02 Å². The largest absolute Gasteiger partial charge is 0.480 e. The first-order chi connectivity index (χ1) is 9.09. The standard InChI is InChI=1S/C14H14ClNO2S.ClH/c1-9(12-7-4-8-19-12)16-13(14(17)18)10-5-2-3-6-11(10)15;/h2-9,13,16H,1H3,(H,17,18);1H/t9?,13-;/m0./s1.